The van der Waals surface area contributed by atoms with E-state index in [1.807, 2.05) is 0 Å². The average molecular weight is 288 g/mol. The number of aliphatic carboxylic acids is 1. The zero-order valence-corrected chi connectivity index (χ0v) is 11.6. The molecule has 110 valence electrons. The van der Waals surface area contributed by atoms with Crippen molar-refractivity contribution >= 4 is 22.8 Å². The third-order valence-electron chi connectivity index (χ3n) is 3.28. The maximum absolute atomic E-state index is 12.3. The number of carbonyl (C=O) groups is 2. The number of rotatable bonds is 5. The Kier molecular flexibility index (Phi) is 4.37. The summed E-state index contributed by atoms with van der Waals surface area (Å²) in [4.78, 5) is 38.0. The summed E-state index contributed by atoms with van der Waals surface area (Å²) in [5.41, 5.74) is 0.265. The molecule has 0 saturated heterocycles. The fraction of sp³-hybridized carbons (Fsp3) is 0.267. The van der Waals surface area contributed by atoms with Crippen LogP contribution in [0.3, 0.4) is 0 Å². The Morgan fingerprint density at radius 3 is 2.71 bits per heavy atom. The lowest BCUT2D eigenvalue weighted by molar-refractivity contribution is -0.137. The third kappa shape index (κ3) is 3.28. The number of para-hydroxylation sites is 1. The molecule has 6 nitrogen and oxygen atoms in total. The predicted octanol–water partition coefficient (Wildman–Crippen LogP) is 1.51. The first-order valence-corrected chi connectivity index (χ1v) is 6.66. The molecule has 0 spiro atoms. The van der Waals surface area contributed by atoms with Crippen LogP contribution < -0.4 is 10.7 Å². The molecule has 1 heterocycles. The Morgan fingerprint density at radius 1 is 1.33 bits per heavy atom. The molecule has 21 heavy (non-hydrogen) atoms. The monoisotopic (exact) mass is 288 g/mol. The van der Waals surface area contributed by atoms with E-state index in [2.05, 4.69) is 10.3 Å². The van der Waals surface area contributed by atoms with Crippen LogP contribution in [0.1, 0.15) is 30.1 Å². The summed E-state index contributed by atoms with van der Waals surface area (Å²) in [6.07, 6.45) is 1.66. The second kappa shape index (κ2) is 6.21. The topological polar surface area (TPSA) is 99.3 Å². The van der Waals surface area contributed by atoms with Gasteiger partial charge in [0.1, 0.15) is 5.56 Å². The van der Waals surface area contributed by atoms with Crippen molar-refractivity contribution in [3.63, 3.8) is 0 Å². The van der Waals surface area contributed by atoms with Crippen LogP contribution in [0.2, 0.25) is 0 Å². The number of H-pyrrole nitrogens is 1. The fourth-order valence-electron chi connectivity index (χ4n) is 2.11. The van der Waals surface area contributed by atoms with Crippen molar-refractivity contribution in [1.29, 1.82) is 0 Å². The minimum Gasteiger partial charge on any atom is -0.481 e. The Hall–Kier alpha value is -2.63. The van der Waals surface area contributed by atoms with Crippen molar-refractivity contribution in [2.45, 2.75) is 25.8 Å². The fourth-order valence-corrected chi connectivity index (χ4v) is 2.11. The highest BCUT2D eigenvalue weighted by molar-refractivity contribution is 5.97. The molecule has 2 aromatic rings. The highest BCUT2D eigenvalue weighted by Crippen LogP contribution is 2.07. The molecular formula is C15H16N2O4. The van der Waals surface area contributed by atoms with E-state index in [0.29, 0.717) is 17.3 Å². The first kappa shape index (κ1) is 14.8. The summed E-state index contributed by atoms with van der Waals surface area (Å²) in [7, 11) is 0. The molecule has 0 bridgehead atoms. The van der Waals surface area contributed by atoms with Crippen LogP contribution in [-0.4, -0.2) is 28.0 Å². The van der Waals surface area contributed by atoms with Gasteiger partial charge in [-0.25, -0.2) is 0 Å². The van der Waals surface area contributed by atoms with Crippen LogP contribution >= 0.6 is 0 Å². The number of carboxylic acid groups (broad SMARTS) is 1. The van der Waals surface area contributed by atoms with Crippen LogP contribution in [0.4, 0.5) is 0 Å². The first-order chi connectivity index (χ1) is 10.0. The second-order valence-corrected chi connectivity index (χ2v) is 4.75. The largest absolute Gasteiger partial charge is 0.481 e. The number of nitrogens with one attached hydrogen (secondary N) is 2. The van der Waals surface area contributed by atoms with Crippen molar-refractivity contribution in [1.82, 2.24) is 10.3 Å². The van der Waals surface area contributed by atoms with Crippen LogP contribution in [0.5, 0.6) is 0 Å². The molecule has 0 saturated carbocycles. The molecule has 1 aromatic heterocycles. The number of benzene rings is 1. The van der Waals surface area contributed by atoms with Crippen LogP contribution in [0, 0.1) is 0 Å². The number of pyridine rings is 1. The minimum atomic E-state index is -0.991. The van der Waals surface area contributed by atoms with E-state index < -0.39 is 17.9 Å². The van der Waals surface area contributed by atoms with Crippen molar-refractivity contribution < 1.29 is 14.7 Å². The minimum absolute atomic E-state index is 0.0162. The van der Waals surface area contributed by atoms with Crippen LogP contribution in [0.15, 0.2) is 35.3 Å². The number of amides is 1. The Bertz CT molecular complexity index is 736. The van der Waals surface area contributed by atoms with E-state index in [-0.39, 0.29) is 17.4 Å². The average Bonchev–Trinajstić information content (AvgIpc) is 2.46. The zero-order chi connectivity index (χ0) is 15.4. The van der Waals surface area contributed by atoms with Crippen LogP contribution in [0.25, 0.3) is 10.9 Å². The third-order valence-corrected chi connectivity index (χ3v) is 3.28. The number of hydrogen-bond donors (Lipinski definition) is 3. The molecular weight excluding hydrogens is 272 g/mol. The smallest absolute Gasteiger partial charge is 0.305 e. The van der Waals surface area contributed by atoms with Crippen molar-refractivity contribution in [3.05, 3.63) is 46.2 Å². The highest BCUT2D eigenvalue weighted by atomic mass is 16.4. The molecule has 0 fully saturated rings. The maximum Gasteiger partial charge on any atom is 0.305 e. The predicted molar refractivity (Wildman–Crippen MR) is 78.4 cm³/mol. The first-order valence-electron chi connectivity index (χ1n) is 6.66. The molecule has 2 rings (SSSR count). The summed E-state index contributed by atoms with van der Waals surface area (Å²) in [5.74, 6) is -1.55. The second-order valence-electron chi connectivity index (χ2n) is 4.75. The molecule has 1 amide bonds. The van der Waals surface area contributed by atoms with Gasteiger partial charge in [0, 0.05) is 23.1 Å². The van der Waals surface area contributed by atoms with Crippen molar-refractivity contribution in [2.24, 2.45) is 0 Å². The van der Waals surface area contributed by atoms with Gasteiger partial charge in [0.15, 0.2) is 0 Å². The molecule has 1 aromatic carbocycles. The summed E-state index contributed by atoms with van der Waals surface area (Å²) >= 11 is 0. The SMILES string of the molecule is CCC(CC(=O)O)NC(=O)c1c[nH]c2ccccc2c1=O. The van der Waals surface area contributed by atoms with Gasteiger partial charge >= 0.3 is 5.97 Å². The van der Waals surface area contributed by atoms with Crippen molar-refractivity contribution in [3.8, 4) is 0 Å². The van der Waals surface area contributed by atoms with E-state index in [1.165, 1.54) is 6.20 Å². The van der Waals surface area contributed by atoms with Gasteiger partial charge in [-0.05, 0) is 18.6 Å². The molecule has 0 radical (unpaired) electrons. The number of carbonyl (C=O) groups excluding carboxylic acids is 1. The number of carboxylic acids is 1. The number of aromatic nitrogens is 1. The molecule has 6 heteroatoms. The highest BCUT2D eigenvalue weighted by Gasteiger charge is 2.18. The van der Waals surface area contributed by atoms with Gasteiger partial charge in [-0.3, -0.25) is 14.4 Å². The summed E-state index contributed by atoms with van der Waals surface area (Å²) in [6.45, 7) is 1.78. The van der Waals surface area contributed by atoms with Gasteiger partial charge in [0.25, 0.3) is 5.91 Å². The van der Waals surface area contributed by atoms with E-state index in [1.54, 1.807) is 31.2 Å². The normalized spacial score (nSPS) is 12.0. The molecule has 0 aliphatic carbocycles. The van der Waals surface area contributed by atoms with Crippen LogP contribution in [-0.2, 0) is 4.79 Å². The molecule has 0 aliphatic heterocycles. The van der Waals surface area contributed by atoms with Gasteiger partial charge in [-0.2, -0.15) is 0 Å². The Morgan fingerprint density at radius 2 is 2.05 bits per heavy atom. The van der Waals surface area contributed by atoms with Gasteiger partial charge in [0.05, 0.1) is 6.42 Å². The number of aromatic amines is 1. The quantitative estimate of drug-likeness (QED) is 0.776. The molecule has 3 N–H and O–H groups in total. The zero-order valence-electron chi connectivity index (χ0n) is 11.6. The Balaban J connectivity index is 2.29. The lowest BCUT2D eigenvalue weighted by atomic mass is 10.1. The van der Waals surface area contributed by atoms with Gasteiger partial charge < -0.3 is 15.4 Å². The molecule has 1 atom stereocenters. The molecule has 0 aliphatic rings. The summed E-state index contributed by atoms with van der Waals surface area (Å²) in [6, 6.07) is 6.40. The van der Waals surface area contributed by atoms with E-state index in [0.717, 1.165) is 0 Å². The maximum atomic E-state index is 12.3. The number of hydrogen-bond acceptors (Lipinski definition) is 3. The Labute approximate surface area is 120 Å². The van der Waals surface area contributed by atoms with Gasteiger partial charge in [-0.15, -0.1) is 0 Å². The standard InChI is InChI=1S/C15H16N2O4/c1-2-9(7-13(18)19)17-15(21)11-8-16-12-6-4-3-5-10(12)14(11)20/h3-6,8-9H,2,7H2,1H3,(H,16,20)(H,17,21)(H,18,19). The summed E-state index contributed by atoms with van der Waals surface area (Å²) < 4.78 is 0. The summed E-state index contributed by atoms with van der Waals surface area (Å²) in [5, 5.41) is 11.8. The molecule has 1 unspecified atom stereocenters. The van der Waals surface area contributed by atoms with Crippen molar-refractivity contribution in [2.75, 3.05) is 0 Å². The van der Waals surface area contributed by atoms with E-state index >= 15 is 0 Å². The number of fused-ring (bicyclic) bond motifs is 1. The van der Waals surface area contributed by atoms with Gasteiger partial charge in [-0.1, -0.05) is 19.1 Å². The lowest BCUT2D eigenvalue weighted by Gasteiger charge is -2.14. The van der Waals surface area contributed by atoms with E-state index in [4.69, 9.17) is 5.11 Å². The lowest BCUT2D eigenvalue weighted by Crippen LogP contribution is -2.38. The van der Waals surface area contributed by atoms with E-state index in [9.17, 15) is 14.4 Å². The van der Waals surface area contributed by atoms with Gasteiger partial charge in [0.2, 0.25) is 5.43 Å².